The maximum absolute atomic E-state index is 6.25. The summed E-state index contributed by atoms with van der Waals surface area (Å²) < 4.78 is 6.25. The van der Waals surface area contributed by atoms with Gasteiger partial charge in [0.25, 0.3) is 0 Å². The molecule has 1 spiro atoms. The van der Waals surface area contributed by atoms with Crippen molar-refractivity contribution < 1.29 is 4.74 Å². The monoisotopic (exact) mass is 225 g/mol. The van der Waals surface area contributed by atoms with Crippen molar-refractivity contribution in [2.45, 2.75) is 65.0 Å². The van der Waals surface area contributed by atoms with Crippen LogP contribution in [-0.4, -0.2) is 24.8 Å². The van der Waals surface area contributed by atoms with Gasteiger partial charge in [-0.2, -0.15) is 0 Å². The molecule has 3 unspecified atom stereocenters. The van der Waals surface area contributed by atoms with Crippen molar-refractivity contribution in [2.75, 3.05) is 13.2 Å². The summed E-state index contributed by atoms with van der Waals surface area (Å²) in [4.78, 5) is 0. The Bertz CT molecular complexity index is 242. The first kappa shape index (κ1) is 12.4. The lowest BCUT2D eigenvalue weighted by Crippen LogP contribution is -2.64. The highest BCUT2D eigenvalue weighted by Gasteiger charge is 2.49. The highest BCUT2D eigenvalue weighted by Crippen LogP contribution is 2.43. The second kappa shape index (κ2) is 4.30. The molecule has 1 N–H and O–H groups in total. The van der Waals surface area contributed by atoms with Gasteiger partial charge in [0.05, 0.1) is 12.2 Å². The van der Waals surface area contributed by atoms with Crippen LogP contribution in [0.15, 0.2) is 0 Å². The van der Waals surface area contributed by atoms with Gasteiger partial charge in [0.1, 0.15) is 0 Å². The number of rotatable bonds is 0. The fraction of sp³-hybridized carbons (Fsp3) is 1.00. The van der Waals surface area contributed by atoms with E-state index in [1.54, 1.807) is 0 Å². The van der Waals surface area contributed by atoms with E-state index in [4.69, 9.17) is 4.74 Å². The van der Waals surface area contributed by atoms with Crippen molar-refractivity contribution in [1.29, 1.82) is 0 Å². The molecule has 1 saturated heterocycles. The van der Waals surface area contributed by atoms with Crippen molar-refractivity contribution >= 4 is 0 Å². The molecule has 2 fully saturated rings. The molecule has 2 heteroatoms. The fourth-order valence-corrected chi connectivity index (χ4v) is 3.76. The molecule has 0 bridgehead atoms. The molecular weight excluding hydrogens is 198 g/mol. The molecule has 94 valence electrons. The summed E-state index contributed by atoms with van der Waals surface area (Å²) in [6.45, 7) is 11.3. The first-order valence-corrected chi connectivity index (χ1v) is 6.81. The van der Waals surface area contributed by atoms with Crippen molar-refractivity contribution in [2.24, 2.45) is 11.3 Å². The molecule has 16 heavy (non-hydrogen) atoms. The van der Waals surface area contributed by atoms with Gasteiger partial charge in [-0.25, -0.2) is 0 Å². The molecule has 0 aromatic carbocycles. The van der Waals surface area contributed by atoms with Crippen LogP contribution in [0.25, 0.3) is 0 Å². The van der Waals surface area contributed by atoms with E-state index in [0.717, 1.165) is 19.1 Å². The van der Waals surface area contributed by atoms with Crippen LogP contribution >= 0.6 is 0 Å². The van der Waals surface area contributed by atoms with Crippen LogP contribution in [-0.2, 0) is 4.74 Å². The molecule has 2 aliphatic rings. The van der Waals surface area contributed by atoms with Gasteiger partial charge in [0, 0.05) is 12.6 Å². The minimum atomic E-state index is 0.119. The molecule has 3 atom stereocenters. The van der Waals surface area contributed by atoms with Crippen molar-refractivity contribution in [3.8, 4) is 0 Å². The topological polar surface area (TPSA) is 21.3 Å². The van der Waals surface area contributed by atoms with Crippen molar-refractivity contribution in [3.63, 3.8) is 0 Å². The first-order chi connectivity index (χ1) is 7.44. The van der Waals surface area contributed by atoms with E-state index in [2.05, 4.69) is 33.0 Å². The summed E-state index contributed by atoms with van der Waals surface area (Å²) in [5.74, 6) is 0.818. The Balaban J connectivity index is 2.20. The number of ether oxygens (including phenoxy) is 1. The Kier molecular flexibility index (Phi) is 3.33. The second-order valence-electron chi connectivity index (χ2n) is 6.87. The predicted octanol–water partition coefficient (Wildman–Crippen LogP) is 2.97. The molecule has 1 heterocycles. The third kappa shape index (κ3) is 2.28. The van der Waals surface area contributed by atoms with E-state index in [1.807, 2.05) is 0 Å². The molecule has 2 nitrogen and oxygen atoms in total. The number of hydrogen-bond donors (Lipinski definition) is 1. The zero-order valence-corrected chi connectivity index (χ0v) is 11.3. The predicted molar refractivity (Wildman–Crippen MR) is 67.6 cm³/mol. The van der Waals surface area contributed by atoms with Crippen LogP contribution in [0.1, 0.15) is 53.4 Å². The molecule has 1 saturated carbocycles. The van der Waals surface area contributed by atoms with E-state index >= 15 is 0 Å². The Morgan fingerprint density at radius 2 is 2.06 bits per heavy atom. The van der Waals surface area contributed by atoms with Crippen LogP contribution in [0, 0.1) is 11.3 Å². The maximum atomic E-state index is 6.25. The van der Waals surface area contributed by atoms with E-state index in [-0.39, 0.29) is 11.0 Å². The van der Waals surface area contributed by atoms with Gasteiger partial charge in [-0.05, 0) is 24.2 Å². The largest absolute Gasteiger partial charge is 0.372 e. The van der Waals surface area contributed by atoms with E-state index in [1.165, 1.54) is 25.7 Å². The highest BCUT2D eigenvalue weighted by molar-refractivity contribution is 5.03. The minimum absolute atomic E-state index is 0.119. The van der Waals surface area contributed by atoms with E-state index < -0.39 is 0 Å². The molecule has 0 aromatic rings. The second-order valence-corrected chi connectivity index (χ2v) is 6.87. The van der Waals surface area contributed by atoms with Crippen LogP contribution in [0.2, 0.25) is 0 Å². The van der Waals surface area contributed by atoms with Crippen LogP contribution in [0.3, 0.4) is 0 Å². The lowest BCUT2D eigenvalue weighted by molar-refractivity contribution is -0.148. The number of nitrogens with one attached hydrogen (secondary N) is 1. The highest BCUT2D eigenvalue weighted by atomic mass is 16.5. The van der Waals surface area contributed by atoms with E-state index in [9.17, 15) is 0 Å². The van der Waals surface area contributed by atoms with E-state index in [0.29, 0.717) is 6.04 Å². The summed E-state index contributed by atoms with van der Waals surface area (Å²) in [7, 11) is 0. The average Bonchev–Trinajstić information content (AvgIpc) is 2.16. The fourth-order valence-electron chi connectivity index (χ4n) is 3.76. The van der Waals surface area contributed by atoms with Gasteiger partial charge in [0.15, 0.2) is 0 Å². The minimum Gasteiger partial charge on any atom is -0.372 e. The molecule has 1 aliphatic carbocycles. The molecular formula is C14H27NO. The molecule has 0 radical (unpaired) electrons. The molecule has 1 aliphatic heterocycles. The summed E-state index contributed by atoms with van der Waals surface area (Å²) >= 11 is 0. The molecule has 2 rings (SSSR count). The van der Waals surface area contributed by atoms with Gasteiger partial charge in [-0.1, -0.05) is 40.5 Å². The smallest absolute Gasteiger partial charge is 0.0843 e. The Morgan fingerprint density at radius 1 is 1.31 bits per heavy atom. The molecule has 0 aromatic heterocycles. The summed E-state index contributed by atoms with van der Waals surface area (Å²) in [6.07, 6.45) is 5.19. The zero-order valence-electron chi connectivity index (χ0n) is 11.3. The normalized spacial score (nSPS) is 41.2. The Labute approximate surface area is 100 Å². The molecule has 0 amide bonds. The Morgan fingerprint density at radius 3 is 2.69 bits per heavy atom. The van der Waals surface area contributed by atoms with Crippen molar-refractivity contribution in [1.82, 2.24) is 5.32 Å². The standard InChI is InChI=1S/C14H27NO/c1-11-6-5-7-14(10-11)12(13(2,3)4)15-8-9-16-14/h11-12,15H,5-10H2,1-4H3. The third-order valence-electron chi connectivity index (χ3n) is 4.22. The van der Waals surface area contributed by atoms with Crippen molar-refractivity contribution in [3.05, 3.63) is 0 Å². The van der Waals surface area contributed by atoms with Crippen LogP contribution in [0.4, 0.5) is 0 Å². The average molecular weight is 225 g/mol. The maximum Gasteiger partial charge on any atom is 0.0843 e. The summed E-state index contributed by atoms with van der Waals surface area (Å²) in [5.41, 5.74) is 0.408. The van der Waals surface area contributed by atoms with Gasteiger partial charge < -0.3 is 10.1 Å². The number of hydrogen-bond acceptors (Lipinski definition) is 2. The van der Waals surface area contributed by atoms with Crippen LogP contribution in [0.5, 0.6) is 0 Å². The zero-order chi connectivity index (χ0) is 11.8. The van der Waals surface area contributed by atoms with Gasteiger partial charge >= 0.3 is 0 Å². The van der Waals surface area contributed by atoms with Crippen LogP contribution < -0.4 is 5.32 Å². The lowest BCUT2D eigenvalue weighted by atomic mass is 9.66. The quantitative estimate of drug-likeness (QED) is 0.684. The number of morpholine rings is 1. The van der Waals surface area contributed by atoms with Gasteiger partial charge in [0.2, 0.25) is 0 Å². The van der Waals surface area contributed by atoms with Gasteiger partial charge in [-0.3, -0.25) is 0 Å². The van der Waals surface area contributed by atoms with Gasteiger partial charge in [-0.15, -0.1) is 0 Å². The third-order valence-corrected chi connectivity index (χ3v) is 4.22. The summed E-state index contributed by atoms with van der Waals surface area (Å²) in [5, 5.41) is 3.72. The Hall–Kier alpha value is -0.0800. The first-order valence-electron chi connectivity index (χ1n) is 6.81. The summed E-state index contributed by atoms with van der Waals surface area (Å²) in [6, 6.07) is 0.511. The SMILES string of the molecule is CC1CCCC2(C1)OCCNC2C(C)(C)C. The lowest BCUT2D eigenvalue weighted by Gasteiger charge is -2.53.